The molecule has 0 bridgehead atoms. The molecule has 0 aliphatic carbocycles. The molecule has 0 aromatic heterocycles. The number of primary amides is 1. The van der Waals surface area contributed by atoms with E-state index in [1.165, 1.54) is 6.92 Å². The first-order chi connectivity index (χ1) is 10.00. The van der Waals surface area contributed by atoms with Gasteiger partial charge in [0.05, 0.1) is 0 Å². The minimum Gasteiger partial charge on any atom is -0.368 e. The number of carbonyl (C=O) groups is 2. The summed E-state index contributed by atoms with van der Waals surface area (Å²) >= 11 is 0. The molecular weight excluding hydrogens is 266 g/mol. The molecule has 1 aromatic carbocycles. The molecule has 0 aliphatic rings. The zero-order valence-corrected chi connectivity index (χ0v) is 12.6. The van der Waals surface area contributed by atoms with Crippen molar-refractivity contribution in [1.82, 2.24) is 5.32 Å². The van der Waals surface area contributed by atoms with Crippen LogP contribution in [0.4, 0.5) is 0 Å². The van der Waals surface area contributed by atoms with Gasteiger partial charge in [-0.3, -0.25) is 9.59 Å². The molecule has 21 heavy (non-hydrogen) atoms. The molecule has 116 valence electrons. The maximum absolute atomic E-state index is 11.9. The maximum atomic E-state index is 11.9. The Morgan fingerprint density at radius 1 is 1.14 bits per heavy atom. The second-order valence-electron chi connectivity index (χ2n) is 5.36. The van der Waals surface area contributed by atoms with Gasteiger partial charge in [0.25, 0.3) is 0 Å². The first-order valence-corrected chi connectivity index (χ1v) is 7.33. The smallest absolute Gasteiger partial charge is 0.243 e. The van der Waals surface area contributed by atoms with Gasteiger partial charge in [-0.15, -0.1) is 0 Å². The number of amides is 2. The maximum Gasteiger partial charge on any atom is 0.243 e. The van der Waals surface area contributed by atoms with Crippen LogP contribution < -0.4 is 16.8 Å². The monoisotopic (exact) mass is 291 g/mol. The highest BCUT2D eigenvalue weighted by molar-refractivity contribution is 5.89. The normalized spacial score (nSPS) is 13.4. The molecule has 1 atom stereocenters. The number of unbranched alkanes of at least 4 members (excludes halogenated alkanes) is 1. The Kier molecular flexibility index (Phi) is 6.88. The number of carbonyl (C=O) groups excluding carboxylic acids is 2. The molecule has 2 amide bonds. The van der Waals surface area contributed by atoms with E-state index in [2.05, 4.69) is 5.32 Å². The Hall–Kier alpha value is -1.88. The molecule has 1 aromatic rings. The summed E-state index contributed by atoms with van der Waals surface area (Å²) in [4.78, 5) is 23.4. The lowest BCUT2D eigenvalue weighted by atomic mass is 9.85. The molecule has 5 nitrogen and oxygen atoms in total. The van der Waals surface area contributed by atoms with Crippen LogP contribution in [0, 0.1) is 0 Å². The molecule has 0 heterocycles. The second-order valence-corrected chi connectivity index (χ2v) is 5.36. The zero-order chi connectivity index (χ0) is 15.7. The molecule has 5 N–H and O–H groups in total. The van der Waals surface area contributed by atoms with E-state index < -0.39 is 11.4 Å². The van der Waals surface area contributed by atoms with E-state index in [0.29, 0.717) is 25.8 Å². The van der Waals surface area contributed by atoms with Crippen molar-refractivity contribution in [3.8, 4) is 0 Å². The van der Waals surface area contributed by atoms with Crippen LogP contribution in [0.15, 0.2) is 30.3 Å². The van der Waals surface area contributed by atoms with Gasteiger partial charge in [-0.05, 0) is 44.2 Å². The first kappa shape index (κ1) is 17.2. The molecule has 0 fully saturated rings. The van der Waals surface area contributed by atoms with Crippen LogP contribution in [0.25, 0.3) is 0 Å². The Bertz CT molecular complexity index is 462. The number of hydrogen-bond acceptors (Lipinski definition) is 3. The quantitative estimate of drug-likeness (QED) is 0.594. The van der Waals surface area contributed by atoms with Crippen LogP contribution in [0.3, 0.4) is 0 Å². The Morgan fingerprint density at radius 2 is 1.81 bits per heavy atom. The van der Waals surface area contributed by atoms with Gasteiger partial charge in [0.2, 0.25) is 11.8 Å². The van der Waals surface area contributed by atoms with Gasteiger partial charge >= 0.3 is 0 Å². The third kappa shape index (κ3) is 5.55. The minimum atomic E-state index is -0.989. The Morgan fingerprint density at radius 3 is 2.33 bits per heavy atom. The van der Waals surface area contributed by atoms with Gasteiger partial charge in [0.15, 0.2) is 0 Å². The summed E-state index contributed by atoms with van der Waals surface area (Å²) in [6.45, 7) is 1.97. The molecule has 0 radical (unpaired) electrons. The van der Waals surface area contributed by atoms with Crippen molar-refractivity contribution in [3.05, 3.63) is 35.9 Å². The van der Waals surface area contributed by atoms with Crippen LogP contribution in [0.2, 0.25) is 0 Å². The number of nitrogens with one attached hydrogen (secondary N) is 1. The van der Waals surface area contributed by atoms with E-state index in [0.717, 1.165) is 18.4 Å². The van der Waals surface area contributed by atoms with Gasteiger partial charge in [0.1, 0.15) is 5.54 Å². The predicted molar refractivity (Wildman–Crippen MR) is 83.4 cm³/mol. The molecule has 0 unspecified atom stereocenters. The van der Waals surface area contributed by atoms with E-state index >= 15 is 0 Å². The number of hydrogen-bond donors (Lipinski definition) is 3. The van der Waals surface area contributed by atoms with Crippen LogP contribution in [0.1, 0.15) is 38.2 Å². The van der Waals surface area contributed by atoms with Crippen molar-refractivity contribution >= 4 is 11.8 Å². The van der Waals surface area contributed by atoms with E-state index in [4.69, 9.17) is 11.5 Å². The second kappa shape index (κ2) is 8.42. The predicted octanol–water partition coefficient (Wildman–Crippen LogP) is 1.11. The molecule has 0 saturated heterocycles. The highest BCUT2D eigenvalue weighted by Crippen LogP contribution is 2.21. The number of nitrogens with two attached hydrogens (primary N) is 2. The fourth-order valence-electron chi connectivity index (χ4n) is 2.47. The lowest BCUT2D eigenvalue weighted by molar-refractivity contribution is -0.131. The van der Waals surface area contributed by atoms with Crippen LogP contribution in [-0.4, -0.2) is 23.9 Å². The topological polar surface area (TPSA) is 98.2 Å². The highest BCUT2D eigenvalue weighted by Gasteiger charge is 2.36. The first-order valence-electron chi connectivity index (χ1n) is 7.33. The summed E-state index contributed by atoms with van der Waals surface area (Å²) < 4.78 is 0. The third-order valence-corrected chi connectivity index (χ3v) is 3.63. The van der Waals surface area contributed by atoms with Gasteiger partial charge in [0, 0.05) is 6.92 Å². The Balaban J connectivity index is 2.81. The fraction of sp³-hybridized carbons (Fsp3) is 0.500. The average Bonchev–Trinajstić information content (AvgIpc) is 2.45. The fourth-order valence-corrected chi connectivity index (χ4v) is 2.47. The summed E-state index contributed by atoms with van der Waals surface area (Å²) in [7, 11) is 0. The molecule has 0 spiro atoms. The van der Waals surface area contributed by atoms with Gasteiger partial charge in [-0.1, -0.05) is 30.3 Å². The molecule has 1 rings (SSSR count). The van der Waals surface area contributed by atoms with Gasteiger partial charge in [-0.2, -0.15) is 0 Å². The van der Waals surface area contributed by atoms with Crippen LogP contribution in [-0.2, 0) is 16.0 Å². The third-order valence-electron chi connectivity index (χ3n) is 3.63. The molecule has 5 heteroatoms. The molecule has 0 aliphatic heterocycles. The van der Waals surface area contributed by atoms with E-state index in [1.807, 2.05) is 30.3 Å². The van der Waals surface area contributed by atoms with Crippen LogP contribution in [0.5, 0.6) is 0 Å². The average molecular weight is 291 g/mol. The van der Waals surface area contributed by atoms with Gasteiger partial charge in [-0.25, -0.2) is 0 Å². The lowest BCUT2D eigenvalue weighted by Gasteiger charge is -2.31. The molecule has 0 saturated carbocycles. The minimum absolute atomic E-state index is 0.241. The SMILES string of the molecule is CC(=O)N[C@](CCCCN)(CCc1ccccc1)C(N)=O. The van der Waals surface area contributed by atoms with Crippen molar-refractivity contribution < 1.29 is 9.59 Å². The van der Waals surface area contributed by atoms with Crippen molar-refractivity contribution in [1.29, 1.82) is 0 Å². The summed E-state index contributed by atoms with van der Waals surface area (Å²) in [5, 5.41) is 2.77. The van der Waals surface area contributed by atoms with E-state index in [1.54, 1.807) is 0 Å². The number of rotatable bonds is 9. The number of benzene rings is 1. The zero-order valence-electron chi connectivity index (χ0n) is 12.6. The summed E-state index contributed by atoms with van der Waals surface area (Å²) in [5.74, 6) is -0.722. The Labute approximate surface area is 126 Å². The van der Waals surface area contributed by atoms with Crippen molar-refractivity contribution in [2.45, 2.75) is 44.6 Å². The lowest BCUT2D eigenvalue weighted by Crippen LogP contribution is -2.57. The summed E-state index contributed by atoms with van der Waals surface area (Å²) in [6.07, 6.45) is 3.27. The van der Waals surface area contributed by atoms with Crippen molar-refractivity contribution in [2.75, 3.05) is 6.54 Å². The van der Waals surface area contributed by atoms with Crippen molar-refractivity contribution in [3.63, 3.8) is 0 Å². The van der Waals surface area contributed by atoms with Crippen molar-refractivity contribution in [2.24, 2.45) is 11.5 Å². The largest absolute Gasteiger partial charge is 0.368 e. The van der Waals surface area contributed by atoms with E-state index in [9.17, 15) is 9.59 Å². The van der Waals surface area contributed by atoms with Crippen LogP contribution >= 0.6 is 0 Å². The van der Waals surface area contributed by atoms with E-state index in [-0.39, 0.29) is 5.91 Å². The molecular formula is C16H25N3O2. The summed E-state index contributed by atoms with van der Waals surface area (Å²) in [6, 6.07) is 9.85. The number of aryl methyl sites for hydroxylation is 1. The highest BCUT2D eigenvalue weighted by atomic mass is 16.2. The van der Waals surface area contributed by atoms with Gasteiger partial charge < -0.3 is 16.8 Å². The summed E-state index contributed by atoms with van der Waals surface area (Å²) in [5.41, 5.74) is 11.2. The standard InChI is InChI=1S/C16H25N3O2/c1-13(20)19-16(15(18)21,10-5-6-12-17)11-9-14-7-3-2-4-8-14/h2-4,7-8H,5-6,9-12,17H2,1H3,(H2,18,21)(H,19,20)/t16-/m1/s1.